The quantitative estimate of drug-likeness (QED) is 0.129. The molecule has 1 aliphatic rings. The lowest BCUT2D eigenvalue weighted by atomic mass is 10.1. The molecule has 0 radical (unpaired) electrons. The first kappa shape index (κ1) is 28.5. The molecule has 37 heavy (non-hydrogen) atoms. The highest BCUT2D eigenvalue weighted by Gasteiger charge is 2.21. The van der Waals surface area contributed by atoms with Gasteiger partial charge in [-0.05, 0) is 77.2 Å². The minimum Gasteiger partial charge on any atom is -0.493 e. The Morgan fingerprint density at radius 2 is 1.92 bits per heavy atom. The number of carbonyl (C=O) groups is 2. The van der Waals surface area contributed by atoms with E-state index < -0.39 is 5.97 Å². The molecule has 0 aromatic heterocycles. The largest absolute Gasteiger partial charge is 0.493 e. The van der Waals surface area contributed by atoms with Crippen LogP contribution in [-0.4, -0.2) is 56.8 Å². The van der Waals surface area contributed by atoms with Gasteiger partial charge in [0.1, 0.15) is 17.4 Å². The molecule has 1 heterocycles. The second-order valence-electron chi connectivity index (χ2n) is 8.36. The van der Waals surface area contributed by atoms with E-state index in [1.807, 2.05) is 26.0 Å². The van der Waals surface area contributed by atoms with Crippen LogP contribution in [0.4, 0.5) is 0 Å². The van der Waals surface area contributed by atoms with Crippen LogP contribution in [0.5, 0.6) is 17.2 Å². The Hall–Kier alpha value is -3.06. The number of halogens is 2. The smallest absolute Gasteiger partial charge is 0.311 e. The van der Waals surface area contributed by atoms with Gasteiger partial charge in [0.2, 0.25) is 0 Å². The number of morpholine rings is 1. The minimum absolute atomic E-state index is 0.00593. The van der Waals surface area contributed by atoms with Crippen LogP contribution < -0.4 is 14.2 Å². The lowest BCUT2D eigenvalue weighted by Gasteiger charge is -2.26. The van der Waals surface area contributed by atoms with Crippen molar-refractivity contribution in [2.75, 3.05) is 40.0 Å². The van der Waals surface area contributed by atoms with Crippen LogP contribution in [-0.2, 0) is 14.3 Å². The molecule has 2 aromatic carbocycles. The van der Waals surface area contributed by atoms with Gasteiger partial charge in [0, 0.05) is 24.5 Å². The van der Waals surface area contributed by atoms with Crippen LogP contribution in [0.15, 0.2) is 34.3 Å². The Bertz CT molecular complexity index is 1230. The number of ether oxygens (including phenoxy) is 4. The number of rotatable bonds is 9. The predicted octanol–water partition coefficient (Wildman–Crippen LogP) is 5.26. The van der Waals surface area contributed by atoms with Gasteiger partial charge < -0.3 is 23.8 Å². The fourth-order valence-corrected chi connectivity index (χ4v) is 4.37. The topological polar surface area (TPSA) is 98.1 Å². The number of nitriles is 1. The molecule has 10 heteroatoms. The third-order valence-electron chi connectivity index (χ3n) is 5.72. The highest BCUT2D eigenvalue weighted by Crippen LogP contribution is 2.36. The Kier molecular flexibility index (Phi) is 10.4. The first-order valence-corrected chi connectivity index (χ1v) is 12.9. The van der Waals surface area contributed by atoms with E-state index in [9.17, 15) is 14.9 Å². The second-order valence-corrected chi connectivity index (χ2v) is 9.53. The van der Waals surface area contributed by atoms with Crippen LogP contribution in [0.1, 0.15) is 29.5 Å². The molecule has 1 saturated heterocycles. The van der Waals surface area contributed by atoms with E-state index in [1.54, 1.807) is 23.1 Å². The van der Waals surface area contributed by atoms with Gasteiger partial charge in [0.15, 0.2) is 11.5 Å². The average molecular weight is 592 g/mol. The molecule has 1 aliphatic heterocycles. The second kappa shape index (κ2) is 13.5. The molecule has 0 bridgehead atoms. The summed E-state index contributed by atoms with van der Waals surface area (Å²) in [5, 5.41) is 10.2. The normalized spacial score (nSPS) is 13.6. The molecule has 8 nitrogen and oxygen atoms in total. The number of hydrogen-bond donors (Lipinski definition) is 0. The van der Waals surface area contributed by atoms with E-state index in [4.69, 9.17) is 30.5 Å². The zero-order valence-corrected chi connectivity index (χ0v) is 23.3. The zero-order valence-electron chi connectivity index (χ0n) is 20.9. The zero-order chi connectivity index (χ0) is 26.9. The van der Waals surface area contributed by atoms with Crippen LogP contribution in [0, 0.1) is 25.2 Å². The maximum atomic E-state index is 12.6. The summed E-state index contributed by atoms with van der Waals surface area (Å²) >= 11 is 9.75. The lowest BCUT2D eigenvalue weighted by Crippen LogP contribution is -2.41. The third kappa shape index (κ3) is 7.48. The molecule has 0 N–H and O–H groups in total. The highest BCUT2D eigenvalue weighted by atomic mass is 79.9. The van der Waals surface area contributed by atoms with Gasteiger partial charge in [-0.15, -0.1) is 0 Å². The number of carbonyl (C=O) groups excluding carboxylic acids is 2. The maximum Gasteiger partial charge on any atom is 0.311 e. The van der Waals surface area contributed by atoms with Crippen molar-refractivity contribution >= 4 is 45.5 Å². The fourth-order valence-electron chi connectivity index (χ4n) is 3.68. The summed E-state index contributed by atoms with van der Waals surface area (Å²) in [6.07, 6.45) is 2.08. The third-order valence-corrected chi connectivity index (χ3v) is 7.29. The summed E-state index contributed by atoms with van der Waals surface area (Å²) in [7, 11) is 1.45. The van der Waals surface area contributed by atoms with Gasteiger partial charge in [0.05, 0.1) is 31.4 Å². The van der Waals surface area contributed by atoms with Crippen molar-refractivity contribution in [2.45, 2.75) is 26.7 Å². The summed E-state index contributed by atoms with van der Waals surface area (Å²) < 4.78 is 22.7. The van der Waals surface area contributed by atoms with Gasteiger partial charge in [-0.3, -0.25) is 9.59 Å². The summed E-state index contributed by atoms with van der Waals surface area (Å²) in [6, 6.07) is 8.65. The van der Waals surface area contributed by atoms with E-state index in [2.05, 4.69) is 15.9 Å². The highest BCUT2D eigenvalue weighted by molar-refractivity contribution is 9.10. The number of benzene rings is 2. The van der Waals surface area contributed by atoms with Crippen molar-refractivity contribution in [3.05, 3.63) is 56.0 Å². The van der Waals surface area contributed by atoms with Crippen molar-refractivity contribution in [3.8, 4) is 23.3 Å². The molecule has 0 atom stereocenters. The predicted molar refractivity (Wildman–Crippen MR) is 143 cm³/mol. The SMILES string of the molecule is COc1cc(/C=C(\C#N)C(=O)N2CCOCC2)ccc1OC(=O)CCCOc1cc(C)c(Cl)c(C)c1Br. The van der Waals surface area contributed by atoms with E-state index in [0.29, 0.717) is 61.4 Å². The van der Waals surface area contributed by atoms with E-state index in [0.717, 1.165) is 15.6 Å². The number of hydrogen-bond acceptors (Lipinski definition) is 7. The summed E-state index contributed by atoms with van der Waals surface area (Å²) in [4.78, 5) is 26.6. The Morgan fingerprint density at radius 1 is 1.19 bits per heavy atom. The molecule has 0 unspecified atom stereocenters. The molecule has 0 aliphatic carbocycles. The monoisotopic (exact) mass is 590 g/mol. The summed E-state index contributed by atoms with van der Waals surface area (Å²) in [5.74, 6) is 0.439. The molecule has 1 amide bonds. The molecule has 1 fully saturated rings. The van der Waals surface area contributed by atoms with Crippen molar-refractivity contribution in [3.63, 3.8) is 0 Å². The van der Waals surface area contributed by atoms with Crippen LogP contribution in [0.3, 0.4) is 0 Å². The van der Waals surface area contributed by atoms with Gasteiger partial charge in [-0.1, -0.05) is 17.7 Å². The van der Waals surface area contributed by atoms with Gasteiger partial charge >= 0.3 is 5.97 Å². The Balaban J connectivity index is 1.58. The standard InChI is InChI=1S/C27H28BrClN2O6/c1-17-13-23(25(28)18(2)26(17)29)36-10-4-5-24(32)37-21-7-6-19(15-22(21)34-3)14-20(16-30)27(33)31-8-11-35-12-9-31/h6-7,13-15H,4-5,8-12H2,1-3H3/b20-14+. The Labute approximate surface area is 229 Å². The molecular formula is C27H28BrClN2O6. The van der Waals surface area contributed by atoms with E-state index in [1.165, 1.54) is 13.2 Å². The summed E-state index contributed by atoms with van der Waals surface area (Å²) in [5.41, 5.74) is 2.39. The number of esters is 1. The molecule has 196 valence electrons. The molecule has 0 spiro atoms. The van der Waals surface area contributed by atoms with E-state index in [-0.39, 0.29) is 23.7 Å². The number of nitrogens with zero attached hydrogens (tertiary/aromatic N) is 2. The molecule has 2 aromatic rings. The maximum absolute atomic E-state index is 12.6. The minimum atomic E-state index is -0.437. The van der Waals surface area contributed by atoms with E-state index >= 15 is 0 Å². The lowest BCUT2D eigenvalue weighted by molar-refractivity contribution is -0.134. The van der Waals surface area contributed by atoms with Gasteiger partial charge in [-0.2, -0.15) is 5.26 Å². The molecular weight excluding hydrogens is 564 g/mol. The summed E-state index contributed by atoms with van der Waals surface area (Å²) in [6.45, 7) is 5.91. The number of methoxy groups -OCH3 is 1. The first-order valence-electron chi connectivity index (χ1n) is 11.7. The van der Waals surface area contributed by atoms with Crippen LogP contribution in [0.2, 0.25) is 5.02 Å². The fraction of sp³-hybridized carbons (Fsp3) is 0.370. The van der Waals surface area contributed by atoms with Crippen LogP contribution >= 0.6 is 27.5 Å². The number of amides is 1. The first-order chi connectivity index (χ1) is 17.7. The Morgan fingerprint density at radius 3 is 2.59 bits per heavy atom. The van der Waals surface area contributed by atoms with Crippen molar-refractivity contribution in [1.29, 1.82) is 5.26 Å². The van der Waals surface area contributed by atoms with Crippen molar-refractivity contribution in [1.82, 2.24) is 4.90 Å². The van der Waals surface area contributed by atoms with Gasteiger partial charge in [0.25, 0.3) is 5.91 Å². The van der Waals surface area contributed by atoms with Crippen molar-refractivity contribution < 1.29 is 28.5 Å². The average Bonchev–Trinajstić information content (AvgIpc) is 2.91. The molecule has 0 saturated carbocycles. The van der Waals surface area contributed by atoms with Crippen LogP contribution in [0.25, 0.3) is 6.08 Å². The molecule has 3 rings (SSSR count). The van der Waals surface area contributed by atoms with Gasteiger partial charge in [-0.25, -0.2) is 0 Å². The number of aryl methyl sites for hydroxylation is 1. The van der Waals surface area contributed by atoms with Crippen molar-refractivity contribution in [2.24, 2.45) is 0 Å².